The van der Waals surface area contributed by atoms with Crippen molar-refractivity contribution in [2.75, 3.05) is 11.1 Å². The number of carbonyl (C=O) groups is 3. The number of amides is 2. The van der Waals surface area contributed by atoms with Gasteiger partial charge in [0.05, 0.1) is 23.6 Å². The average molecular weight is 468 g/mol. The Morgan fingerprint density at radius 2 is 1.79 bits per heavy atom. The highest BCUT2D eigenvalue weighted by Crippen LogP contribution is 2.26. The summed E-state index contributed by atoms with van der Waals surface area (Å²) in [4.78, 5) is 40.6. The van der Waals surface area contributed by atoms with Crippen LogP contribution in [0.4, 0.5) is 11.4 Å². The number of nitrogen functional groups attached to an aromatic ring is 1. The number of carboxylic acid groups (broad SMARTS) is 1. The van der Waals surface area contributed by atoms with Gasteiger partial charge in [-0.25, -0.2) is 4.79 Å². The van der Waals surface area contributed by atoms with Gasteiger partial charge in [-0.2, -0.15) is 0 Å². The van der Waals surface area contributed by atoms with Gasteiger partial charge in [0.1, 0.15) is 5.56 Å². The van der Waals surface area contributed by atoms with E-state index in [0.717, 1.165) is 37.4 Å². The summed E-state index contributed by atoms with van der Waals surface area (Å²) in [6, 6.07) is 8.90. The number of hydrogen-bond acceptors (Lipinski definition) is 6. The van der Waals surface area contributed by atoms with Crippen LogP contribution in [-0.4, -0.2) is 40.0 Å². The van der Waals surface area contributed by atoms with E-state index in [1.807, 2.05) is 30.3 Å². The van der Waals surface area contributed by atoms with Gasteiger partial charge in [0, 0.05) is 18.7 Å². The molecule has 0 bridgehead atoms. The van der Waals surface area contributed by atoms with Gasteiger partial charge < -0.3 is 27.2 Å². The summed E-state index contributed by atoms with van der Waals surface area (Å²) in [6.45, 7) is 0. The quantitative estimate of drug-likeness (QED) is 0.359. The lowest BCUT2D eigenvalue weighted by atomic mass is 9.84. The number of nitrogens with one attached hydrogen (secondary N) is 2. The van der Waals surface area contributed by atoms with E-state index in [1.165, 1.54) is 12.6 Å². The van der Waals surface area contributed by atoms with Crippen LogP contribution in [0.1, 0.15) is 60.9 Å². The van der Waals surface area contributed by atoms with Crippen LogP contribution in [-0.2, 0) is 16.0 Å². The van der Waals surface area contributed by atoms with Gasteiger partial charge in [-0.05, 0) is 37.2 Å². The molecule has 34 heavy (non-hydrogen) atoms. The van der Waals surface area contributed by atoms with E-state index in [0.29, 0.717) is 12.8 Å². The standard InChI is InChI=1S/C25H33N5O4/c26-22(17-9-5-2-6-10-17)24(32)29-18(13-16-7-3-1-4-8-16)11-12-21(31)30-20-15-28-14-19(23(20)27)25(33)34/h1,3-4,7-8,14-15,17-18,22H,2,5-6,9-13,26H2,(H2,27,28)(H,29,32)(H,30,31)(H,33,34)/t18-,22+/m1/s1. The predicted molar refractivity (Wildman–Crippen MR) is 130 cm³/mol. The molecule has 9 heteroatoms. The number of benzene rings is 1. The molecule has 0 aliphatic heterocycles. The summed E-state index contributed by atoms with van der Waals surface area (Å²) >= 11 is 0. The summed E-state index contributed by atoms with van der Waals surface area (Å²) in [5.74, 6) is -1.57. The first kappa shape index (κ1) is 25.2. The number of anilines is 2. The number of aromatic nitrogens is 1. The van der Waals surface area contributed by atoms with E-state index < -0.39 is 12.0 Å². The van der Waals surface area contributed by atoms with Crippen LogP contribution in [0, 0.1) is 5.92 Å². The molecule has 7 N–H and O–H groups in total. The predicted octanol–water partition coefficient (Wildman–Crippen LogP) is 2.72. The number of carbonyl (C=O) groups excluding carboxylic acids is 2. The first-order valence-corrected chi connectivity index (χ1v) is 11.7. The van der Waals surface area contributed by atoms with E-state index in [-0.39, 0.29) is 47.1 Å². The van der Waals surface area contributed by atoms with Crippen LogP contribution in [0.3, 0.4) is 0 Å². The maximum absolute atomic E-state index is 12.9. The third-order valence-corrected chi connectivity index (χ3v) is 6.34. The van der Waals surface area contributed by atoms with Crippen LogP contribution in [0.15, 0.2) is 42.7 Å². The third-order valence-electron chi connectivity index (χ3n) is 6.34. The maximum Gasteiger partial charge on any atom is 0.339 e. The fraction of sp³-hybridized carbons (Fsp3) is 0.440. The second-order valence-electron chi connectivity index (χ2n) is 8.86. The largest absolute Gasteiger partial charge is 0.478 e. The molecular weight excluding hydrogens is 434 g/mol. The fourth-order valence-electron chi connectivity index (χ4n) is 4.39. The molecule has 1 saturated carbocycles. The Balaban J connectivity index is 1.63. The molecule has 3 rings (SSSR count). The van der Waals surface area contributed by atoms with Crippen molar-refractivity contribution in [1.29, 1.82) is 0 Å². The van der Waals surface area contributed by atoms with Gasteiger partial charge >= 0.3 is 5.97 Å². The molecule has 0 radical (unpaired) electrons. The smallest absolute Gasteiger partial charge is 0.339 e. The Labute approximate surface area is 199 Å². The Kier molecular flexibility index (Phi) is 8.98. The molecule has 0 spiro atoms. The minimum absolute atomic E-state index is 0.0524. The highest BCUT2D eigenvalue weighted by atomic mass is 16.4. The van der Waals surface area contributed by atoms with Gasteiger partial charge in [0.2, 0.25) is 11.8 Å². The molecule has 2 amide bonds. The van der Waals surface area contributed by atoms with E-state index in [4.69, 9.17) is 11.5 Å². The van der Waals surface area contributed by atoms with Crippen LogP contribution >= 0.6 is 0 Å². The number of aromatic carboxylic acids is 1. The minimum atomic E-state index is -1.22. The van der Waals surface area contributed by atoms with E-state index in [1.54, 1.807) is 0 Å². The molecular formula is C25H33N5O4. The van der Waals surface area contributed by atoms with Crippen LogP contribution in [0.2, 0.25) is 0 Å². The molecule has 1 aromatic carbocycles. The molecule has 182 valence electrons. The zero-order chi connectivity index (χ0) is 24.5. The van der Waals surface area contributed by atoms with Gasteiger partial charge in [-0.3, -0.25) is 14.6 Å². The highest BCUT2D eigenvalue weighted by molar-refractivity contribution is 6.00. The maximum atomic E-state index is 12.9. The van der Waals surface area contributed by atoms with Crippen LogP contribution in [0.25, 0.3) is 0 Å². The Morgan fingerprint density at radius 1 is 1.09 bits per heavy atom. The van der Waals surface area contributed by atoms with Gasteiger partial charge in [0.25, 0.3) is 0 Å². The third kappa shape index (κ3) is 7.02. The molecule has 1 heterocycles. The molecule has 9 nitrogen and oxygen atoms in total. The number of rotatable bonds is 10. The molecule has 1 fully saturated rings. The Morgan fingerprint density at radius 3 is 2.47 bits per heavy atom. The average Bonchev–Trinajstić information content (AvgIpc) is 2.84. The topological polar surface area (TPSA) is 160 Å². The minimum Gasteiger partial charge on any atom is -0.478 e. The highest BCUT2D eigenvalue weighted by Gasteiger charge is 2.28. The van der Waals surface area contributed by atoms with Crippen molar-refractivity contribution in [1.82, 2.24) is 10.3 Å². The summed E-state index contributed by atoms with van der Waals surface area (Å²) in [5, 5.41) is 14.9. The van der Waals surface area contributed by atoms with Crippen molar-refractivity contribution >= 4 is 29.2 Å². The summed E-state index contributed by atoms with van der Waals surface area (Å²) in [7, 11) is 0. The summed E-state index contributed by atoms with van der Waals surface area (Å²) in [5.41, 5.74) is 13.1. The lowest BCUT2D eigenvalue weighted by Crippen LogP contribution is -2.50. The number of hydrogen-bond donors (Lipinski definition) is 5. The van der Waals surface area contributed by atoms with Crippen LogP contribution < -0.4 is 22.1 Å². The van der Waals surface area contributed by atoms with Gasteiger partial charge in [-0.15, -0.1) is 0 Å². The van der Waals surface area contributed by atoms with Gasteiger partial charge in [0.15, 0.2) is 0 Å². The molecule has 0 unspecified atom stereocenters. The lowest BCUT2D eigenvalue weighted by molar-refractivity contribution is -0.125. The Hall–Kier alpha value is -3.46. The fourth-order valence-corrected chi connectivity index (χ4v) is 4.39. The second kappa shape index (κ2) is 12.1. The zero-order valence-electron chi connectivity index (χ0n) is 19.2. The van der Waals surface area contributed by atoms with Gasteiger partial charge in [-0.1, -0.05) is 49.6 Å². The van der Waals surface area contributed by atoms with Crippen molar-refractivity contribution in [3.63, 3.8) is 0 Å². The number of carboxylic acids is 1. The first-order chi connectivity index (χ1) is 16.3. The number of nitrogens with zero attached hydrogens (tertiary/aromatic N) is 1. The number of nitrogens with two attached hydrogens (primary N) is 2. The normalized spacial score (nSPS) is 15.8. The van der Waals surface area contributed by atoms with Crippen molar-refractivity contribution in [2.45, 2.75) is 63.5 Å². The van der Waals surface area contributed by atoms with E-state index >= 15 is 0 Å². The van der Waals surface area contributed by atoms with Crippen molar-refractivity contribution in [3.8, 4) is 0 Å². The van der Waals surface area contributed by atoms with Crippen molar-refractivity contribution in [3.05, 3.63) is 53.9 Å². The first-order valence-electron chi connectivity index (χ1n) is 11.7. The molecule has 1 aliphatic rings. The second-order valence-corrected chi connectivity index (χ2v) is 8.86. The van der Waals surface area contributed by atoms with Crippen molar-refractivity contribution < 1.29 is 19.5 Å². The summed E-state index contributed by atoms with van der Waals surface area (Å²) < 4.78 is 0. The van der Waals surface area contributed by atoms with E-state index in [9.17, 15) is 19.5 Å². The monoisotopic (exact) mass is 467 g/mol. The number of pyridine rings is 1. The van der Waals surface area contributed by atoms with Crippen molar-refractivity contribution in [2.24, 2.45) is 11.7 Å². The van der Waals surface area contributed by atoms with Crippen LogP contribution in [0.5, 0.6) is 0 Å². The van der Waals surface area contributed by atoms with E-state index in [2.05, 4.69) is 15.6 Å². The zero-order valence-corrected chi connectivity index (χ0v) is 19.2. The molecule has 2 atom stereocenters. The Bertz CT molecular complexity index is 992. The molecule has 0 saturated heterocycles. The molecule has 1 aliphatic carbocycles. The lowest BCUT2D eigenvalue weighted by Gasteiger charge is -2.28. The SMILES string of the molecule is Nc1c(NC(=O)CC[C@H](Cc2ccccc2)NC(=O)[C@@H](N)C2CCCCC2)cncc1C(=O)O. The molecule has 2 aromatic rings. The summed E-state index contributed by atoms with van der Waals surface area (Å²) in [6.07, 6.45) is 8.81. The molecule has 1 aromatic heterocycles.